The predicted octanol–water partition coefficient (Wildman–Crippen LogP) is 2.27. The molecule has 0 aliphatic rings. The van der Waals surface area contributed by atoms with E-state index in [4.69, 9.17) is 0 Å². The smallest absolute Gasteiger partial charge is 0.307 e. The highest BCUT2D eigenvalue weighted by Crippen LogP contribution is 2.20. The zero-order valence-electron chi connectivity index (χ0n) is 11.8. The van der Waals surface area contributed by atoms with Crippen molar-refractivity contribution in [3.05, 3.63) is 58.6 Å². The number of esters is 1. The number of rotatable bonds is 5. The Hall–Kier alpha value is -2.28. The van der Waals surface area contributed by atoms with Gasteiger partial charge in [0.2, 0.25) is 0 Å². The van der Waals surface area contributed by atoms with Crippen LogP contribution in [0.25, 0.3) is 0 Å². The minimum absolute atomic E-state index is 0.0319. The number of benzene rings is 1. The molecule has 0 aliphatic carbocycles. The van der Waals surface area contributed by atoms with Crippen molar-refractivity contribution in [2.75, 3.05) is 7.11 Å². The molecule has 0 aliphatic heterocycles. The van der Waals surface area contributed by atoms with Gasteiger partial charge in [0.25, 0.3) is 5.91 Å². The highest BCUT2D eigenvalue weighted by atomic mass is 79.9. The standard InChI is InChI=1S/C15H14BrN3O3/c1-22-14(20)8-12(10-2-4-11(16)5-3-10)19-15(21)13-9-17-6-7-18-13/h2-7,9,12H,8H2,1H3,(H,19,21). The van der Waals surface area contributed by atoms with E-state index in [1.54, 1.807) is 0 Å². The number of nitrogens with zero attached hydrogens (tertiary/aromatic N) is 2. The Morgan fingerprint density at radius 1 is 1.27 bits per heavy atom. The number of carbonyl (C=O) groups excluding carboxylic acids is 2. The van der Waals surface area contributed by atoms with Crippen LogP contribution in [0.4, 0.5) is 0 Å². The second-order valence-corrected chi connectivity index (χ2v) is 5.36. The van der Waals surface area contributed by atoms with E-state index in [2.05, 4.69) is 36.0 Å². The van der Waals surface area contributed by atoms with E-state index in [0.717, 1.165) is 10.0 Å². The summed E-state index contributed by atoms with van der Waals surface area (Å²) in [6.07, 6.45) is 4.32. The number of amides is 1. The minimum atomic E-state index is -0.505. The number of carbonyl (C=O) groups is 2. The van der Waals surface area contributed by atoms with Crippen LogP contribution in [-0.2, 0) is 9.53 Å². The fourth-order valence-electron chi connectivity index (χ4n) is 1.85. The lowest BCUT2D eigenvalue weighted by Crippen LogP contribution is -2.31. The van der Waals surface area contributed by atoms with Gasteiger partial charge >= 0.3 is 5.97 Å². The Labute approximate surface area is 136 Å². The molecule has 6 nitrogen and oxygen atoms in total. The molecular formula is C15H14BrN3O3. The van der Waals surface area contributed by atoms with Gasteiger partial charge in [-0.05, 0) is 17.7 Å². The number of nitrogens with one attached hydrogen (secondary N) is 1. The summed E-state index contributed by atoms with van der Waals surface area (Å²) in [6.45, 7) is 0. The summed E-state index contributed by atoms with van der Waals surface area (Å²) in [6, 6.07) is 6.83. The summed E-state index contributed by atoms with van der Waals surface area (Å²) in [7, 11) is 1.31. The maximum atomic E-state index is 12.2. The van der Waals surface area contributed by atoms with E-state index in [9.17, 15) is 9.59 Å². The minimum Gasteiger partial charge on any atom is -0.469 e. The molecule has 2 rings (SSSR count). The van der Waals surface area contributed by atoms with E-state index in [0.29, 0.717) is 0 Å². The number of ether oxygens (including phenoxy) is 1. The molecule has 0 bridgehead atoms. The average Bonchev–Trinajstić information content (AvgIpc) is 2.55. The molecule has 1 heterocycles. The van der Waals surface area contributed by atoms with Crippen LogP contribution < -0.4 is 5.32 Å². The van der Waals surface area contributed by atoms with E-state index >= 15 is 0 Å². The number of halogens is 1. The molecule has 1 unspecified atom stereocenters. The van der Waals surface area contributed by atoms with E-state index in [1.165, 1.54) is 25.7 Å². The van der Waals surface area contributed by atoms with Gasteiger partial charge in [0.1, 0.15) is 5.69 Å². The van der Waals surface area contributed by atoms with Crippen molar-refractivity contribution in [1.82, 2.24) is 15.3 Å². The van der Waals surface area contributed by atoms with Crippen LogP contribution in [0.3, 0.4) is 0 Å². The predicted molar refractivity (Wildman–Crippen MR) is 83.0 cm³/mol. The Morgan fingerprint density at radius 2 is 2.00 bits per heavy atom. The van der Waals surface area contributed by atoms with Crippen LogP contribution >= 0.6 is 15.9 Å². The van der Waals surface area contributed by atoms with Crippen LogP contribution in [0.2, 0.25) is 0 Å². The molecule has 0 fully saturated rings. The molecule has 114 valence electrons. The molecule has 1 amide bonds. The van der Waals surface area contributed by atoms with Gasteiger partial charge in [-0.3, -0.25) is 14.6 Å². The molecule has 0 saturated heterocycles. The molecule has 7 heteroatoms. The van der Waals surface area contributed by atoms with Crippen LogP contribution in [0.1, 0.15) is 28.5 Å². The summed E-state index contributed by atoms with van der Waals surface area (Å²) < 4.78 is 5.60. The molecule has 0 radical (unpaired) electrons. The van der Waals surface area contributed by atoms with E-state index in [-0.39, 0.29) is 12.1 Å². The molecule has 0 saturated carbocycles. The van der Waals surface area contributed by atoms with Crippen molar-refractivity contribution >= 4 is 27.8 Å². The van der Waals surface area contributed by atoms with Gasteiger partial charge in [-0.2, -0.15) is 0 Å². The van der Waals surface area contributed by atoms with Crippen LogP contribution in [0, 0.1) is 0 Å². The van der Waals surface area contributed by atoms with E-state index < -0.39 is 17.9 Å². The third kappa shape index (κ3) is 4.36. The van der Waals surface area contributed by atoms with Gasteiger partial charge in [-0.1, -0.05) is 28.1 Å². The summed E-state index contributed by atoms with van der Waals surface area (Å²) in [5, 5.41) is 2.78. The Balaban J connectivity index is 2.19. The van der Waals surface area contributed by atoms with Crippen LogP contribution in [0.5, 0.6) is 0 Å². The maximum Gasteiger partial charge on any atom is 0.307 e. The molecule has 2 aromatic rings. The fraction of sp³-hybridized carbons (Fsp3) is 0.200. The molecular weight excluding hydrogens is 350 g/mol. The maximum absolute atomic E-state index is 12.2. The van der Waals surface area contributed by atoms with Crippen molar-refractivity contribution in [1.29, 1.82) is 0 Å². The van der Waals surface area contributed by atoms with Crippen molar-refractivity contribution in [2.45, 2.75) is 12.5 Å². The Bertz CT molecular complexity index is 647. The SMILES string of the molecule is COC(=O)CC(NC(=O)c1cnccn1)c1ccc(Br)cc1. The Morgan fingerprint density at radius 3 is 2.59 bits per heavy atom. The van der Waals surface area contributed by atoms with Crippen molar-refractivity contribution in [3.8, 4) is 0 Å². The summed E-state index contributed by atoms with van der Waals surface area (Å²) in [5.41, 5.74) is 0.986. The highest BCUT2D eigenvalue weighted by molar-refractivity contribution is 9.10. The topological polar surface area (TPSA) is 81.2 Å². The second kappa shape index (κ2) is 7.65. The molecule has 1 aromatic carbocycles. The van der Waals surface area contributed by atoms with Gasteiger partial charge in [0.15, 0.2) is 0 Å². The fourth-order valence-corrected chi connectivity index (χ4v) is 2.11. The van der Waals surface area contributed by atoms with Gasteiger partial charge in [0.05, 0.1) is 25.8 Å². The zero-order valence-corrected chi connectivity index (χ0v) is 13.4. The number of hydrogen-bond acceptors (Lipinski definition) is 5. The van der Waals surface area contributed by atoms with Crippen LogP contribution in [0.15, 0.2) is 47.3 Å². The first-order valence-corrected chi connectivity index (χ1v) is 7.28. The lowest BCUT2D eigenvalue weighted by molar-refractivity contribution is -0.141. The molecule has 0 spiro atoms. The Kier molecular flexibility index (Phi) is 5.60. The number of hydrogen-bond donors (Lipinski definition) is 1. The molecule has 1 N–H and O–H groups in total. The normalized spacial score (nSPS) is 11.5. The number of methoxy groups -OCH3 is 1. The average molecular weight is 364 g/mol. The van der Waals surface area contributed by atoms with Crippen molar-refractivity contribution in [2.24, 2.45) is 0 Å². The molecule has 1 aromatic heterocycles. The lowest BCUT2D eigenvalue weighted by atomic mass is 10.0. The van der Waals surface area contributed by atoms with Crippen LogP contribution in [-0.4, -0.2) is 29.0 Å². The highest BCUT2D eigenvalue weighted by Gasteiger charge is 2.20. The third-order valence-electron chi connectivity index (χ3n) is 2.97. The van der Waals surface area contributed by atoms with Gasteiger partial charge in [-0.15, -0.1) is 0 Å². The van der Waals surface area contributed by atoms with Gasteiger partial charge < -0.3 is 10.1 Å². The number of aromatic nitrogens is 2. The third-order valence-corrected chi connectivity index (χ3v) is 3.50. The van der Waals surface area contributed by atoms with Gasteiger partial charge in [-0.25, -0.2) is 4.98 Å². The summed E-state index contributed by atoms with van der Waals surface area (Å²) in [4.78, 5) is 31.6. The summed E-state index contributed by atoms with van der Waals surface area (Å²) in [5.74, 6) is -0.808. The second-order valence-electron chi connectivity index (χ2n) is 4.45. The lowest BCUT2D eigenvalue weighted by Gasteiger charge is -2.18. The molecule has 22 heavy (non-hydrogen) atoms. The first-order chi connectivity index (χ1) is 10.6. The quantitative estimate of drug-likeness (QED) is 0.824. The van der Waals surface area contributed by atoms with Gasteiger partial charge in [0, 0.05) is 16.9 Å². The first kappa shape index (κ1) is 16.1. The van der Waals surface area contributed by atoms with E-state index in [1.807, 2.05) is 24.3 Å². The summed E-state index contributed by atoms with van der Waals surface area (Å²) >= 11 is 3.35. The zero-order chi connectivity index (χ0) is 15.9. The largest absolute Gasteiger partial charge is 0.469 e. The van der Waals surface area contributed by atoms with Crippen molar-refractivity contribution in [3.63, 3.8) is 0 Å². The monoisotopic (exact) mass is 363 g/mol. The first-order valence-electron chi connectivity index (χ1n) is 6.49. The van der Waals surface area contributed by atoms with Crippen molar-refractivity contribution < 1.29 is 14.3 Å². The molecule has 1 atom stereocenters.